The van der Waals surface area contributed by atoms with Gasteiger partial charge in [-0.05, 0) is 133 Å². The van der Waals surface area contributed by atoms with E-state index in [0.29, 0.717) is 0 Å². The summed E-state index contributed by atoms with van der Waals surface area (Å²) in [6, 6.07) is 56.7. The van der Waals surface area contributed by atoms with Crippen LogP contribution in [0.25, 0.3) is 0 Å². The highest BCUT2D eigenvalue weighted by Gasteiger charge is 2.51. The van der Waals surface area contributed by atoms with E-state index >= 15 is 0 Å². The predicted molar refractivity (Wildman–Crippen MR) is 268 cm³/mol. The summed E-state index contributed by atoms with van der Waals surface area (Å²) in [6.45, 7) is 31.4. The van der Waals surface area contributed by atoms with Crippen LogP contribution in [0.15, 0.2) is 168 Å². The van der Waals surface area contributed by atoms with Crippen LogP contribution in [0.1, 0.15) is 140 Å². The van der Waals surface area contributed by atoms with Crippen LogP contribution in [0.4, 0.5) is 0 Å². The van der Waals surface area contributed by atoms with Gasteiger partial charge in [0.25, 0.3) is 0 Å². The van der Waals surface area contributed by atoms with Crippen LogP contribution in [0.2, 0.25) is 0 Å². The summed E-state index contributed by atoms with van der Waals surface area (Å²) in [5, 5.41) is 6.30. The van der Waals surface area contributed by atoms with Crippen LogP contribution in [-0.4, -0.2) is 8.07 Å². The van der Waals surface area contributed by atoms with Gasteiger partial charge in [-0.15, -0.1) is 0 Å². The Bertz CT molecular complexity index is 2320. The molecule has 0 N–H and O–H groups in total. The number of benzene rings is 6. The van der Waals surface area contributed by atoms with Gasteiger partial charge in [-0.3, -0.25) is 0 Å². The molecule has 0 amide bonds. The predicted octanol–water partition coefficient (Wildman–Crippen LogP) is 13.7. The fraction of sp³-hybridized carbons (Fsp3) is 0.333. The van der Waals surface area contributed by atoms with Crippen molar-refractivity contribution in [2.75, 3.05) is 0 Å². The van der Waals surface area contributed by atoms with Gasteiger partial charge >= 0.3 is 0 Å². The molecule has 6 aromatic rings. The standard InChI is InChI=1S/C60H70Si/c1-41-42(2)44(4)57(43(41)3)61(54-38-51(58(5,6)7)32-29-48(54)35-45-23-17-14-18-24-45,55-39-52(59(8,9)10)33-30-49(55)36-46-25-19-15-20-26-46)56-40-53(60(11,12)13)34-31-50(56)37-47-27-21-16-22-28-47/h14-34,38-40,43H,35-37H2,1-13H3. The molecule has 0 heterocycles. The maximum atomic E-state index is 2.71. The molecule has 0 nitrogen and oxygen atoms in total. The van der Waals surface area contributed by atoms with Crippen molar-refractivity contribution < 1.29 is 0 Å². The zero-order chi connectivity index (χ0) is 43.9. The Morgan fingerprint density at radius 2 is 0.689 bits per heavy atom. The Kier molecular flexibility index (Phi) is 12.3. The molecule has 1 heteroatoms. The molecule has 1 aliphatic rings. The molecule has 0 aromatic heterocycles. The molecule has 0 aliphatic heterocycles. The molecule has 314 valence electrons. The molecule has 1 atom stereocenters. The summed E-state index contributed by atoms with van der Waals surface area (Å²) in [5.41, 5.74) is 16.9. The first-order valence-electron chi connectivity index (χ1n) is 22.7. The first-order valence-corrected chi connectivity index (χ1v) is 24.7. The average Bonchev–Trinajstić information content (AvgIpc) is 3.41. The third kappa shape index (κ3) is 8.87. The van der Waals surface area contributed by atoms with Gasteiger partial charge in [0.1, 0.15) is 0 Å². The largest absolute Gasteiger partial charge is 0.177 e. The lowest BCUT2D eigenvalue weighted by Gasteiger charge is -2.44. The number of hydrogen-bond acceptors (Lipinski definition) is 0. The zero-order valence-corrected chi connectivity index (χ0v) is 40.6. The number of hydrogen-bond donors (Lipinski definition) is 0. The van der Waals surface area contributed by atoms with E-state index in [1.807, 2.05) is 0 Å². The lowest BCUT2D eigenvalue weighted by molar-refractivity contribution is 0.590. The Labute approximate surface area is 370 Å². The van der Waals surface area contributed by atoms with E-state index in [4.69, 9.17) is 0 Å². The maximum absolute atomic E-state index is 3.29. The van der Waals surface area contributed by atoms with Crippen molar-refractivity contribution >= 4 is 23.6 Å². The normalized spacial score (nSPS) is 15.2. The smallest absolute Gasteiger partial charge is 0.0636 e. The molecule has 0 fully saturated rings. The molecular weight excluding hydrogens is 749 g/mol. The Hall–Kier alpha value is -4.98. The minimum atomic E-state index is -3.29. The molecule has 6 aromatic carbocycles. The second-order valence-electron chi connectivity index (χ2n) is 21.2. The van der Waals surface area contributed by atoms with Crippen molar-refractivity contribution in [2.24, 2.45) is 5.92 Å². The number of rotatable bonds is 10. The first-order chi connectivity index (χ1) is 28.8. The van der Waals surface area contributed by atoms with Crippen LogP contribution in [0.3, 0.4) is 0 Å². The molecular formula is C60H70Si. The highest BCUT2D eigenvalue weighted by Crippen LogP contribution is 2.44. The van der Waals surface area contributed by atoms with Crippen molar-refractivity contribution in [3.05, 3.63) is 218 Å². The van der Waals surface area contributed by atoms with E-state index in [1.165, 1.54) is 66.8 Å². The summed E-state index contributed by atoms with van der Waals surface area (Å²) in [6.07, 6.45) is 2.63. The molecule has 61 heavy (non-hydrogen) atoms. The highest BCUT2D eigenvalue weighted by atomic mass is 28.3. The summed E-state index contributed by atoms with van der Waals surface area (Å²) in [7, 11) is -3.29. The van der Waals surface area contributed by atoms with Gasteiger partial charge in [-0.1, -0.05) is 231 Å². The van der Waals surface area contributed by atoms with Crippen LogP contribution in [-0.2, 0) is 35.5 Å². The van der Waals surface area contributed by atoms with Crippen molar-refractivity contribution in [1.82, 2.24) is 0 Å². The fourth-order valence-corrected chi connectivity index (χ4v) is 16.4. The summed E-state index contributed by atoms with van der Waals surface area (Å²) in [4.78, 5) is 0. The van der Waals surface area contributed by atoms with Crippen molar-refractivity contribution in [1.29, 1.82) is 0 Å². The maximum Gasteiger partial charge on any atom is 0.177 e. The van der Waals surface area contributed by atoms with Gasteiger partial charge in [-0.25, -0.2) is 0 Å². The second-order valence-corrected chi connectivity index (χ2v) is 24.8. The van der Waals surface area contributed by atoms with Gasteiger partial charge in [0, 0.05) is 0 Å². The van der Waals surface area contributed by atoms with Gasteiger partial charge in [0.2, 0.25) is 0 Å². The first kappa shape index (κ1) is 44.1. The Balaban J connectivity index is 1.79. The summed E-state index contributed by atoms with van der Waals surface area (Å²) in [5.74, 6) is 0.278. The topological polar surface area (TPSA) is 0 Å². The molecule has 0 saturated carbocycles. The molecule has 1 aliphatic carbocycles. The Morgan fingerprint density at radius 3 is 0.934 bits per heavy atom. The second kappa shape index (κ2) is 17.1. The molecule has 0 radical (unpaired) electrons. The van der Waals surface area contributed by atoms with Gasteiger partial charge in [0.15, 0.2) is 8.07 Å². The van der Waals surface area contributed by atoms with E-state index in [-0.39, 0.29) is 22.2 Å². The summed E-state index contributed by atoms with van der Waals surface area (Å²) >= 11 is 0. The Morgan fingerprint density at radius 1 is 0.393 bits per heavy atom. The van der Waals surface area contributed by atoms with E-state index in [2.05, 4.69) is 236 Å². The van der Waals surface area contributed by atoms with Gasteiger partial charge in [0.05, 0.1) is 0 Å². The zero-order valence-electron chi connectivity index (χ0n) is 39.6. The molecule has 7 rings (SSSR count). The van der Waals surface area contributed by atoms with Gasteiger partial charge < -0.3 is 0 Å². The molecule has 0 bridgehead atoms. The van der Waals surface area contributed by atoms with Crippen LogP contribution < -0.4 is 15.6 Å². The average molecular weight is 819 g/mol. The van der Waals surface area contributed by atoms with Crippen molar-refractivity contribution in [3.8, 4) is 0 Å². The van der Waals surface area contributed by atoms with E-state index in [9.17, 15) is 0 Å². The van der Waals surface area contributed by atoms with E-state index in [0.717, 1.165) is 19.3 Å². The number of allylic oxidation sites excluding steroid dienone is 4. The molecule has 1 unspecified atom stereocenters. The lowest BCUT2D eigenvalue weighted by Crippen LogP contribution is -2.72. The quantitative estimate of drug-likeness (QED) is 0.0954. The highest BCUT2D eigenvalue weighted by molar-refractivity contribution is 7.17. The van der Waals surface area contributed by atoms with Crippen LogP contribution in [0, 0.1) is 5.92 Å². The molecule has 0 saturated heterocycles. The van der Waals surface area contributed by atoms with Crippen molar-refractivity contribution in [2.45, 2.75) is 126 Å². The van der Waals surface area contributed by atoms with E-state index < -0.39 is 8.07 Å². The monoisotopic (exact) mass is 819 g/mol. The van der Waals surface area contributed by atoms with Crippen LogP contribution in [0.5, 0.6) is 0 Å². The minimum Gasteiger partial charge on any atom is -0.0636 e. The third-order valence-corrected chi connectivity index (χ3v) is 19.3. The fourth-order valence-electron chi connectivity index (χ4n) is 9.93. The van der Waals surface area contributed by atoms with Crippen molar-refractivity contribution in [3.63, 3.8) is 0 Å². The van der Waals surface area contributed by atoms with E-state index in [1.54, 1.807) is 20.8 Å². The molecule has 0 spiro atoms. The minimum absolute atomic E-state index is 0.0464. The lowest BCUT2D eigenvalue weighted by atomic mass is 9.86. The summed E-state index contributed by atoms with van der Waals surface area (Å²) < 4.78 is 0. The van der Waals surface area contributed by atoms with Gasteiger partial charge in [-0.2, -0.15) is 0 Å². The third-order valence-electron chi connectivity index (χ3n) is 13.9. The van der Waals surface area contributed by atoms with Crippen LogP contribution >= 0.6 is 0 Å². The SMILES string of the molecule is CC1=C(C)C(C)C([Si](c2cc(C(C)(C)C)ccc2Cc2ccccc2)(c2cc(C(C)(C)C)ccc2Cc2ccccc2)c2cc(C(C)(C)C)ccc2Cc2ccccc2)=C1C.